The standard InChI is InChI=1S/C17H22O5/c1-8-5-6-12(19)17(4)7-11(21-10(3)18)13-9(2)16(20)22-15(13)14(8)17/h5,11-15,19H,2,6-7H2,1,3-4H3/t11-,12-,13+,14+,15+,17-/m0/s1. The fourth-order valence-corrected chi connectivity index (χ4v) is 4.53. The van der Waals surface area contributed by atoms with Gasteiger partial charge in [0.1, 0.15) is 12.2 Å². The largest absolute Gasteiger partial charge is 0.462 e. The van der Waals surface area contributed by atoms with Gasteiger partial charge in [-0.05, 0) is 19.8 Å². The molecule has 5 nitrogen and oxygen atoms in total. The van der Waals surface area contributed by atoms with Crippen LogP contribution < -0.4 is 0 Å². The van der Waals surface area contributed by atoms with Crippen molar-refractivity contribution in [2.75, 3.05) is 0 Å². The van der Waals surface area contributed by atoms with Crippen LogP contribution in [0.3, 0.4) is 0 Å². The maximum Gasteiger partial charge on any atom is 0.334 e. The monoisotopic (exact) mass is 306 g/mol. The van der Waals surface area contributed by atoms with E-state index in [-0.39, 0.29) is 11.8 Å². The minimum atomic E-state index is -0.548. The number of aliphatic hydroxyl groups is 1. The van der Waals surface area contributed by atoms with Crippen LogP contribution in [0.25, 0.3) is 0 Å². The Morgan fingerprint density at radius 1 is 1.55 bits per heavy atom. The highest BCUT2D eigenvalue weighted by atomic mass is 16.6. The smallest absolute Gasteiger partial charge is 0.334 e. The zero-order valence-electron chi connectivity index (χ0n) is 13.2. The minimum absolute atomic E-state index is 0.0729. The minimum Gasteiger partial charge on any atom is -0.462 e. The molecule has 0 bridgehead atoms. The molecule has 3 aliphatic rings. The molecule has 22 heavy (non-hydrogen) atoms. The molecule has 1 heterocycles. The van der Waals surface area contributed by atoms with Crippen LogP contribution in [0.1, 0.15) is 33.6 Å². The third-order valence-electron chi connectivity index (χ3n) is 5.57. The Bertz CT molecular complexity index is 578. The number of hydrogen-bond acceptors (Lipinski definition) is 5. The summed E-state index contributed by atoms with van der Waals surface area (Å²) >= 11 is 0. The average molecular weight is 306 g/mol. The van der Waals surface area contributed by atoms with Crippen molar-refractivity contribution in [2.24, 2.45) is 17.3 Å². The van der Waals surface area contributed by atoms with Gasteiger partial charge in [0, 0.05) is 23.8 Å². The molecule has 0 aromatic heterocycles. The lowest BCUT2D eigenvalue weighted by Gasteiger charge is -2.53. The van der Waals surface area contributed by atoms with Crippen LogP contribution in [0.5, 0.6) is 0 Å². The second-order valence-corrected chi connectivity index (χ2v) is 6.96. The van der Waals surface area contributed by atoms with Crippen LogP contribution in [0, 0.1) is 17.3 Å². The number of carbonyl (C=O) groups is 2. The van der Waals surface area contributed by atoms with Gasteiger partial charge in [-0.15, -0.1) is 0 Å². The number of hydrogen-bond donors (Lipinski definition) is 1. The predicted octanol–water partition coefficient (Wildman–Crippen LogP) is 1.75. The van der Waals surface area contributed by atoms with Gasteiger partial charge < -0.3 is 14.6 Å². The molecule has 1 saturated carbocycles. The number of fused-ring (bicyclic) bond motifs is 3. The van der Waals surface area contributed by atoms with Crippen LogP contribution >= 0.6 is 0 Å². The summed E-state index contributed by atoms with van der Waals surface area (Å²) in [5.74, 6) is -1.22. The van der Waals surface area contributed by atoms with Crippen molar-refractivity contribution in [2.45, 2.75) is 51.9 Å². The first-order valence-electron chi connectivity index (χ1n) is 7.67. The third-order valence-corrected chi connectivity index (χ3v) is 5.57. The van der Waals surface area contributed by atoms with E-state index in [2.05, 4.69) is 6.58 Å². The lowest BCUT2D eigenvalue weighted by molar-refractivity contribution is -0.173. The molecule has 0 radical (unpaired) electrons. The highest BCUT2D eigenvalue weighted by Gasteiger charge is 2.61. The van der Waals surface area contributed by atoms with E-state index in [1.807, 2.05) is 19.9 Å². The zero-order valence-corrected chi connectivity index (χ0v) is 13.2. The van der Waals surface area contributed by atoms with Gasteiger partial charge in [-0.1, -0.05) is 25.2 Å². The van der Waals surface area contributed by atoms with Crippen molar-refractivity contribution in [1.29, 1.82) is 0 Å². The van der Waals surface area contributed by atoms with E-state index in [4.69, 9.17) is 9.47 Å². The lowest BCUT2D eigenvalue weighted by Crippen LogP contribution is -2.57. The van der Waals surface area contributed by atoms with Crippen molar-refractivity contribution in [3.8, 4) is 0 Å². The van der Waals surface area contributed by atoms with Gasteiger partial charge >= 0.3 is 11.9 Å². The Balaban J connectivity index is 2.06. The highest BCUT2D eigenvalue weighted by molar-refractivity contribution is 5.91. The summed E-state index contributed by atoms with van der Waals surface area (Å²) in [7, 11) is 0. The van der Waals surface area contributed by atoms with E-state index >= 15 is 0 Å². The number of rotatable bonds is 1. The average Bonchev–Trinajstić information content (AvgIpc) is 2.70. The van der Waals surface area contributed by atoms with Crippen molar-refractivity contribution >= 4 is 11.9 Å². The topological polar surface area (TPSA) is 72.8 Å². The molecule has 6 atom stereocenters. The van der Waals surface area contributed by atoms with Crippen LogP contribution in [-0.2, 0) is 19.1 Å². The SMILES string of the molecule is C=C1C(=O)O[C@@H]2[C@H]1[C@@H](OC(C)=O)C[C@]1(C)[C@@H]2C(C)=CC[C@@H]1O. The van der Waals surface area contributed by atoms with E-state index in [1.165, 1.54) is 6.92 Å². The summed E-state index contributed by atoms with van der Waals surface area (Å²) in [6, 6.07) is 0. The fourth-order valence-electron chi connectivity index (χ4n) is 4.53. The van der Waals surface area contributed by atoms with E-state index in [1.54, 1.807) is 0 Å². The molecule has 0 amide bonds. The Morgan fingerprint density at radius 3 is 2.86 bits per heavy atom. The molecule has 2 fully saturated rings. The molecule has 5 heteroatoms. The second kappa shape index (κ2) is 4.95. The first-order valence-corrected chi connectivity index (χ1v) is 7.67. The van der Waals surface area contributed by atoms with Crippen LogP contribution in [0.2, 0.25) is 0 Å². The number of carbonyl (C=O) groups excluding carboxylic acids is 2. The maximum atomic E-state index is 12.0. The second-order valence-electron chi connectivity index (χ2n) is 6.96. The summed E-state index contributed by atoms with van der Waals surface area (Å²) in [5.41, 5.74) is 1.00. The van der Waals surface area contributed by atoms with Gasteiger partial charge in [-0.25, -0.2) is 4.79 Å². The third kappa shape index (κ3) is 2.02. The first-order chi connectivity index (χ1) is 10.3. The molecule has 1 aliphatic heterocycles. The summed E-state index contributed by atoms with van der Waals surface area (Å²) in [4.78, 5) is 23.4. The molecular formula is C17H22O5. The maximum absolute atomic E-state index is 12.0. The zero-order chi connectivity index (χ0) is 16.2. The van der Waals surface area contributed by atoms with Gasteiger partial charge in [-0.3, -0.25) is 4.79 Å². The van der Waals surface area contributed by atoms with Crippen LogP contribution in [-0.4, -0.2) is 35.4 Å². The Kier molecular flexibility index (Phi) is 3.44. The highest BCUT2D eigenvalue weighted by Crippen LogP contribution is 2.56. The fraction of sp³-hybridized carbons (Fsp3) is 0.647. The quantitative estimate of drug-likeness (QED) is 0.454. The summed E-state index contributed by atoms with van der Waals surface area (Å²) in [5, 5.41) is 10.5. The first kappa shape index (κ1) is 15.3. The number of aliphatic hydroxyl groups excluding tert-OH is 1. The Morgan fingerprint density at radius 2 is 2.23 bits per heavy atom. The molecule has 0 unspecified atom stereocenters. The van der Waals surface area contributed by atoms with Crippen LogP contribution in [0.4, 0.5) is 0 Å². The van der Waals surface area contributed by atoms with Crippen molar-refractivity contribution in [3.05, 3.63) is 23.8 Å². The van der Waals surface area contributed by atoms with Crippen LogP contribution in [0.15, 0.2) is 23.8 Å². The van der Waals surface area contributed by atoms with E-state index in [0.717, 1.165) is 5.57 Å². The van der Waals surface area contributed by atoms with Gasteiger partial charge in [0.15, 0.2) is 0 Å². The lowest BCUT2D eigenvalue weighted by atomic mass is 9.54. The Hall–Kier alpha value is -1.62. The van der Waals surface area contributed by atoms with Gasteiger partial charge in [0.25, 0.3) is 0 Å². The van der Waals surface area contributed by atoms with E-state index in [0.29, 0.717) is 18.4 Å². The van der Waals surface area contributed by atoms with Gasteiger partial charge in [-0.2, -0.15) is 0 Å². The molecule has 2 aliphatic carbocycles. The van der Waals surface area contributed by atoms with Crippen molar-refractivity contribution in [3.63, 3.8) is 0 Å². The molecule has 3 rings (SSSR count). The normalized spacial score (nSPS) is 43.8. The number of ether oxygens (including phenoxy) is 2. The van der Waals surface area contributed by atoms with E-state index < -0.39 is 35.7 Å². The molecular weight excluding hydrogens is 284 g/mol. The molecule has 0 spiro atoms. The summed E-state index contributed by atoms with van der Waals surface area (Å²) in [6.45, 7) is 9.18. The van der Waals surface area contributed by atoms with Crippen molar-refractivity contribution in [1.82, 2.24) is 0 Å². The van der Waals surface area contributed by atoms with Gasteiger partial charge in [0.05, 0.1) is 12.0 Å². The predicted molar refractivity (Wildman–Crippen MR) is 78.7 cm³/mol. The number of esters is 2. The molecule has 120 valence electrons. The van der Waals surface area contributed by atoms with E-state index in [9.17, 15) is 14.7 Å². The van der Waals surface area contributed by atoms with Gasteiger partial charge in [0.2, 0.25) is 0 Å². The Labute approximate surface area is 130 Å². The molecule has 0 aromatic rings. The summed E-state index contributed by atoms with van der Waals surface area (Å²) < 4.78 is 11.0. The molecule has 0 aromatic carbocycles. The molecule has 1 saturated heterocycles. The molecule has 1 N–H and O–H groups in total. The summed E-state index contributed by atoms with van der Waals surface area (Å²) in [6.07, 6.45) is 1.62. The van der Waals surface area contributed by atoms with Crippen molar-refractivity contribution < 1.29 is 24.2 Å².